The Balaban J connectivity index is 1.54. The van der Waals surface area contributed by atoms with Crippen LogP contribution in [0.5, 0.6) is 5.75 Å². The lowest BCUT2D eigenvalue weighted by molar-refractivity contribution is -0.241. The van der Waals surface area contributed by atoms with Gasteiger partial charge in [-0.15, -0.1) is 5.06 Å². The van der Waals surface area contributed by atoms with E-state index in [0.717, 1.165) is 43.9 Å². The highest BCUT2D eigenvalue weighted by molar-refractivity contribution is 5.89. The van der Waals surface area contributed by atoms with Crippen molar-refractivity contribution < 1.29 is 9.57 Å². The molecule has 2 aromatic rings. The third kappa shape index (κ3) is 2.96. The number of piperidine rings is 1. The topological polar surface area (TPSA) is 40.7 Å². The highest BCUT2D eigenvalue weighted by atomic mass is 16.7. The van der Waals surface area contributed by atoms with E-state index in [0.29, 0.717) is 12.2 Å². The summed E-state index contributed by atoms with van der Waals surface area (Å²) in [4.78, 5) is 11.9. The Morgan fingerprint density at radius 3 is 2.87 bits per heavy atom. The highest BCUT2D eigenvalue weighted by Gasteiger charge is 2.39. The van der Waals surface area contributed by atoms with Crippen molar-refractivity contribution in [3.8, 4) is 5.75 Å². The van der Waals surface area contributed by atoms with Crippen LogP contribution >= 0.6 is 0 Å². The van der Waals surface area contributed by atoms with Gasteiger partial charge in [-0.1, -0.05) is 13.0 Å². The van der Waals surface area contributed by atoms with Crippen molar-refractivity contribution in [3.63, 3.8) is 0 Å². The van der Waals surface area contributed by atoms with Crippen LogP contribution in [0.4, 0.5) is 0 Å². The van der Waals surface area contributed by atoms with Crippen molar-refractivity contribution in [2.45, 2.75) is 32.0 Å². The number of morpholine rings is 1. The van der Waals surface area contributed by atoms with Crippen LogP contribution in [-0.2, 0) is 11.2 Å². The second kappa shape index (κ2) is 6.15. The summed E-state index contributed by atoms with van der Waals surface area (Å²) in [5.41, 5.74) is 2.48. The van der Waals surface area contributed by atoms with Crippen molar-refractivity contribution in [2.24, 2.45) is 0 Å². The zero-order chi connectivity index (χ0) is 15.8. The van der Waals surface area contributed by atoms with Gasteiger partial charge in [0, 0.05) is 30.1 Å². The molecule has 3 saturated heterocycles. The van der Waals surface area contributed by atoms with Gasteiger partial charge in [0.05, 0.1) is 25.3 Å². The molecule has 1 aromatic heterocycles. The van der Waals surface area contributed by atoms with Crippen molar-refractivity contribution in [3.05, 3.63) is 30.0 Å². The van der Waals surface area contributed by atoms with Gasteiger partial charge in [-0.2, -0.15) is 0 Å². The number of hydrogen-bond acceptors (Lipinski definition) is 4. The van der Waals surface area contributed by atoms with Gasteiger partial charge in [0.25, 0.3) is 0 Å². The summed E-state index contributed by atoms with van der Waals surface area (Å²) < 4.78 is 5.68. The smallest absolute Gasteiger partial charge is 0.157 e. The lowest BCUT2D eigenvalue weighted by atomic mass is 10.0. The third-order valence-corrected chi connectivity index (χ3v) is 5.00. The fourth-order valence-electron chi connectivity index (χ4n) is 3.49. The number of nitrogens with one attached hydrogen (secondary N) is 1. The fourth-order valence-corrected chi connectivity index (χ4v) is 3.49. The van der Waals surface area contributed by atoms with E-state index < -0.39 is 0 Å². The molecule has 0 radical (unpaired) electrons. The molecule has 2 bridgehead atoms. The van der Waals surface area contributed by atoms with Gasteiger partial charge in [-0.25, -0.2) is 0 Å². The number of H-pyrrole nitrogens is 1. The van der Waals surface area contributed by atoms with E-state index in [1.165, 1.54) is 17.4 Å². The second-order valence-corrected chi connectivity index (χ2v) is 6.69. The Kier molecular flexibility index (Phi) is 4.01. The maximum atomic E-state index is 6.22. The van der Waals surface area contributed by atoms with Crippen LogP contribution in [-0.4, -0.2) is 60.4 Å². The van der Waals surface area contributed by atoms with E-state index in [1.54, 1.807) is 0 Å². The normalized spacial score (nSPS) is 24.1. The van der Waals surface area contributed by atoms with Gasteiger partial charge in [0.1, 0.15) is 0 Å². The highest BCUT2D eigenvalue weighted by Crippen LogP contribution is 2.33. The first-order valence-electron chi connectivity index (χ1n) is 8.59. The van der Waals surface area contributed by atoms with E-state index >= 15 is 0 Å². The standard InChI is InChI=1S/C18H25N3O2/c1-3-20(2)8-7-13-10-19-16-5-4-6-17(18(13)16)23-21-11-14-9-15(12-21)22-14/h4-6,10,14-15,19H,3,7-9,11-12H2,1-2H3/t14-,15?/m0/s1. The Morgan fingerprint density at radius 1 is 1.35 bits per heavy atom. The summed E-state index contributed by atoms with van der Waals surface area (Å²) in [7, 11) is 2.16. The third-order valence-electron chi connectivity index (χ3n) is 5.00. The van der Waals surface area contributed by atoms with Gasteiger partial charge in [-0.05, 0) is 37.7 Å². The summed E-state index contributed by atoms with van der Waals surface area (Å²) in [6, 6.07) is 6.24. The minimum absolute atomic E-state index is 0.358. The zero-order valence-corrected chi connectivity index (χ0v) is 13.9. The minimum atomic E-state index is 0.358. The second-order valence-electron chi connectivity index (χ2n) is 6.69. The average Bonchev–Trinajstić information content (AvgIpc) is 2.96. The molecular weight excluding hydrogens is 290 g/mol. The number of aromatic nitrogens is 1. The van der Waals surface area contributed by atoms with E-state index in [9.17, 15) is 0 Å². The number of nitrogens with zero attached hydrogens (tertiary/aromatic N) is 2. The maximum Gasteiger partial charge on any atom is 0.157 e. The number of ether oxygens (including phenoxy) is 1. The first-order chi connectivity index (χ1) is 11.2. The quantitative estimate of drug-likeness (QED) is 0.889. The predicted molar refractivity (Wildman–Crippen MR) is 90.7 cm³/mol. The van der Waals surface area contributed by atoms with E-state index in [-0.39, 0.29) is 0 Å². The van der Waals surface area contributed by atoms with E-state index in [4.69, 9.17) is 9.57 Å². The first kappa shape index (κ1) is 15.0. The SMILES string of the molecule is CCN(C)CCc1c[nH]c2cccc(ON3CC4C[C@@H](C3)O4)c12. The molecule has 0 amide bonds. The molecule has 3 fully saturated rings. The maximum absolute atomic E-state index is 6.22. The zero-order valence-electron chi connectivity index (χ0n) is 13.9. The number of rotatable bonds is 6. The number of hydroxylamine groups is 2. The van der Waals surface area contributed by atoms with E-state index in [1.807, 2.05) is 0 Å². The molecule has 0 saturated carbocycles. The number of hydrogen-bond donors (Lipinski definition) is 1. The lowest BCUT2D eigenvalue weighted by Gasteiger charge is -2.46. The molecule has 5 rings (SSSR count). The Labute approximate surface area is 137 Å². The molecule has 1 aromatic carbocycles. The Hall–Kier alpha value is -1.56. The van der Waals surface area contributed by atoms with Crippen molar-refractivity contribution >= 4 is 10.9 Å². The number of fused-ring (bicyclic) bond motifs is 3. The van der Waals surface area contributed by atoms with Crippen LogP contribution in [0, 0.1) is 0 Å². The molecule has 4 heterocycles. The molecule has 1 unspecified atom stereocenters. The largest absolute Gasteiger partial charge is 0.405 e. The van der Waals surface area contributed by atoms with Crippen LogP contribution < -0.4 is 4.84 Å². The summed E-state index contributed by atoms with van der Waals surface area (Å²) in [6.07, 6.45) is 5.05. The number of likely N-dealkylation sites (N-methyl/N-ethyl adjacent to an activating group) is 1. The Bertz CT molecular complexity index is 668. The van der Waals surface area contributed by atoms with Crippen LogP contribution in [0.25, 0.3) is 10.9 Å². The lowest BCUT2D eigenvalue weighted by Crippen LogP contribution is -2.58. The molecule has 3 aliphatic heterocycles. The predicted octanol–water partition coefficient (Wildman–Crippen LogP) is 2.43. The van der Waals surface area contributed by atoms with Crippen molar-refractivity contribution in [1.29, 1.82) is 0 Å². The van der Waals surface area contributed by atoms with Gasteiger partial charge in [-0.3, -0.25) is 0 Å². The molecule has 124 valence electrons. The molecule has 5 heteroatoms. The summed E-state index contributed by atoms with van der Waals surface area (Å²) >= 11 is 0. The minimum Gasteiger partial charge on any atom is -0.405 e. The molecule has 2 atom stereocenters. The van der Waals surface area contributed by atoms with Crippen molar-refractivity contribution in [2.75, 3.05) is 33.2 Å². The molecular formula is C18H25N3O2. The van der Waals surface area contributed by atoms with Crippen LogP contribution in [0.2, 0.25) is 0 Å². The molecule has 23 heavy (non-hydrogen) atoms. The molecule has 1 N–H and O–H groups in total. The summed E-state index contributed by atoms with van der Waals surface area (Å²) in [5, 5.41) is 3.28. The summed E-state index contributed by atoms with van der Waals surface area (Å²) in [6.45, 7) is 6.05. The Morgan fingerprint density at radius 2 is 2.13 bits per heavy atom. The van der Waals surface area contributed by atoms with Crippen LogP contribution in [0.15, 0.2) is 24.4 Å². The monoisotopic (exact) mass is 315 g/mol. The van der Waals surface area contributed by atoms with Gasteiger partial charge in [0.15, 0.2) is 5.75 Å². The average molecular weight is 315 g/mol. The van der Waals surface area contributed by atoms with Crippen molar-refractivity contribution in [1.82, 2.24) is 14.9 Å². The molecule has 0 spiro atoms. The first-order valence-corrected chi connectivity index (χ1v) is 8.59. The molecule has 0 aliphatic carbocycles. The van der Waals surface area contributed by atoms with Crippen LogP contribution in [0.1, 0.15) is 18.9 Å². The molecule has 5 nitrogen and oxygen atoms in total. The summed E-state index contributed by atoms with van der Waals surface area (Å²) in [5.74, 6) is 0.958. The fraction of sp³-hybridized carbons (Fsp3) is 0.556. The number of benzene rings is 1. The van der Waals surface area contributed by atoms with Gasteiger partial charge >= 0.3 is 0 Å². The number of aromatic amines is 1. The van der Waals surface area contributed by atoms with E-state index in [2.05, 4.69) is 53.3 Å². The molecule has 3 aliphatic rings. The van der Waals surface area contributed by atoms with Gasteiger partial charge in [0.2, 0.25) is 0 Å². The van der Waals surface area contributed by atoms with Crippen LogP contribution in [0.3, 0.4) is 0 Å². The van der Waals surface area contributed by atoms with Gasteiger partial charge < -0.3 is 19.5 Å².